The van der Waals surface area contributed by atoms with Crippen LogP contribution < -0.4 is 0 Å². The zero-order valence-electron chi connectivity index (χ0n) is 27.8. The molecule has 4 heterocycles. The summed E-state index contributed by atoms with van der Waals surface area (Å²) in [5, 5.41) is 9.43. The number of fused-ring (bicyclic) bond motifs is 12. The van der Waals surface area contributed by atoms with E-state index in [1.165, 1.54) is 54.9 Å². The maximum Gasteiger partial charge on any atom is 0.135 e. The zero-order valence-corrected chi connectivity index (χ0v) is 27.8. The Morgan fingerprint density at radius 1 is 0.250 bits per heavy atom. The van der Waals surface area contributed by atoms with Crippen molar-refractivity contribution in [2.45, 2.75) is 0 Å². The zero-order chi connectivity index (χ0) is 33.9. The van der Waals surface area contributed by atoms with Crippen LogP contribution in [0.3, 0.4) is 0 Å². The second-order valence-electron chi connectivity index (χ2n) is 13.9. The fourth-order valence-corrected chi connectivity index (χ4v) is 8.32. The summed E-state index contributed by atoms with van der Waals surface area (Å²) in [4.78, 5) is 7.30. The molecule has 0 aliphatic heterocycles. The van der Waals surface area contributed by atoms with Gasteiger partial charge >= 0.3 is 0 Å². The first kappa shape index (κ1) is 27.7. The number of nitrogens with one attached hydrogen (secondary N) is 2. The van der Waals surface area contributed by atoms with Crippen molar-refractivity contribution in [2.75, 3.05) is 0 Å². The van der Waals surface area contributed by atoms with Gasteiger partial charge in [0.15, 0.2) is 0 Å². The number of aromatic nitrogens is 2. The molecule has 2 N–H and O–H groups in total. The Morgan fingerprint density at radius 3 is 0.904 bits per heavy atom. The van der Waals surface area contributed by atoms with Gasteiger partial charge in [0.25, 0.3) is 0 Å². The number of aromatic amines is 2. The van der Waals surface area contributed by atoms with E-state index >= 15 is 0 Å². The van der Waals surface area contributed by atoms with E-state index in [1.807, 2.05) is 24.3 Å². The molecule has 0 saturated heterocycles. The highest BCUT2D eigenvalue weighted by Crippen LogP contribution is 2.39. The van der Waals surface area contributed by atoms with Gasteiger partial charge in [0.1, 0.15) is 22.3 Å². The van der Waals surface area contributed by atoms with Gasteiger partial charge in [-0.1, -0.05) is 72.8 Å². The Balaban J connectivity index is 0.957. The predicted molar refractivity (Wildman–Crippen MR) is 216 cm³/mol. The molecule has 52 heavy (non-hydrogen) atoms. The van der Waals surface area contributed by atoms with Crippen LogP contribution in [0, 0.1) is 0 Å². The van der Waals surface area contributed by atoms with E-state index in [0.717, 1.165) is 65.9 Å². The summed E-state index contributed by atoms with van der Waals surface area (Å²) in [6.07, 6.45) is 0. The normalized spacial score (nSPS) is 12.2. The lowest BCUT2D eigenvalue weighted by Crippen LogP contribution is -1.80. The highest BCUT2D eigenvalue weighted by molar-refractivity contribution is 6.13. The number of hydrogen-bond acceptors (Lipinski definition) is 2. The first-order chi connectivity index (χ1) is 25.7. The van der Waals surface area contributed by atoms with Crippen LogP contribution in [0.1, 0.15) is 0 Å². The summed E-state index contributed by atoms with van der Waals surface area (Å²) < 4.78 is 12.2. The lowest BCUT2D eigenvalue weighted by molar-refractivity contribution is 0.668. The highest BCUT2D eigenvalue weighted by atomic mass is 16.3. The van der Waals surface area contributed by atoms with Gasteiger partial charge in [-0.05, 0) is 118 Å². The molecule has 0 fully saturated rings. The maximum absolute atomic E-state index is 6.10. The topological polar surface area (TPSA) is 57.9 Å². The third-order valence-electron chi connectivity index (χ3n) is 11.0. The summed E-state index contributed by atoms with van der Waals surface area (Å²) in [5.74, 6) is 0. The van der Waals surface area contributed by atoms with Crippen molar-refractivity contribution in [3.05, 3.63) is 158 Å². The van der Waals surface area contributed by atoms with E-state index in [0.29, 0.717) is 0 Å². The summed E-state index contributed by atoms with van der Waals surface area (Å²) >= 11 is 0. The lowest BCUT2D eigenvalue weighted by Gasteiger charge is -2.05. The van der Waals surface area contributed by atoms with Gasteiger partial charge in [0.2, 0.25) is 0 Å². The molecule has 4 aromatic heterocycles. The number of para-hydroxylation sites is 2. The molecular formula is C48H28N2O2. The smallest absolute Gasteiger partial charge is 0.135 e. The Labute approximate surface area is 296 Å². The van der Waals surface area contributed by atoms with Crippen molar-refractivity contribution < 1.29 is 8.83 Å². The van der Waals surface area contributed by atoms with Crippen molar-refractivity contribution >= 4 is 87.5 Å². The molecule has 12 rings (SSSR count). The van der Waals surface area contributed by atoms with Crippen LogP contribution in [0.15, 0.2) is 167 Å². The molecule has 0 spiro atoms. The third-order valence-corrected chi connectivity index (χ3v) is 11.0. The molecule has 12 aromatic rings. The molecule has 0 saturated carbocycles. The predicted octanol–water partition coefficient (Wildman–Crippen LogP) is 13.8. The van der Waals surface area contributed by atoms with Gasteiger partial charge in [0.05, 0.1) is 0 Å². The third kappa shape index (κ3) is 4.03. The molecule has 0 aliphatic rings. The Bertz CT molecular complexity index is 3190. The number of H-pyrrole nitrogens is 2. The minimum Gasteiger partial charge on any atom is -0.456 e. The van der Waals surface area contributed by atoms with Gasteiger partial charge in [-0.3, -0.25) is 0 Å². The van der Waals surface area contributed by atoms with Crippen LogP contribution in [0.4, 0.5) is 0 Å². The molecule has 0 bridgehead atoms. The van der Waals surface area contributed by atoms with E-state index in [4.69, 9.17) is 8.83 Å². The van der Waals surface area contributed by atoms with E-state index in [-0.39, 0.29) is 0 Å². The van der Waals surface area contributed by atoms with Crippen molar-refractivity contribution in [3.8, 4) is 33.4 Å². The average Bonchev–Trinajstić information content (AvgIpc) is 3.96. The Morgan fingerprint density at radius 2 is 0.538 bits per heavy atom. The molecule has 242 valence electrons. The molecular weight excluding hydrogens is 637 g/mol. The van der Waals surface area contributed by atoms with Gasteiger partial charge in [0, 0.05) is 65.2 Å². The van der Waals surface area contributed by atoms with Crippen LogP contribution >= 0.6 is 0 Å². The summed E-state index contributed by atoms with van der Waals surface area (Å²) in [6.45, 7) is 0. The second-order valence-corrected chi connectivity index (χ2v) is 13.9. The van der Waals surface area contributed by atoms with Crippen LogP contribution in [-0.2, 0) is 0 Å². The number of rotatable bonds is 3. The molecule has 0 unspecified atom stereocenters. The first-order valence-corrected chi connectivity index (χ1v) is 17.6. The van der Waals surface area contributed by atoms with E-state index in [9.17, 15) is 0 Å². The Hall–Kier alpha value is -7.04. The van der Waals surface area contributed by atoms with E-state index in [2.05, 4.69) is 143 Å². The van der Waals surface area contributed by atoms with Crippen molar-refractivity contribution in [1.82, 2.24) is 9.97 Å². The van der Waals surface area contributed by atoms with Crippen molar-refractivity contribution in [2.24, 2.45) is 0 Å². The Kier molecular flexibility index (Phi) is 5.47. The van der Waals surface area contributed by atoms with E-state index in [1.54, 1.807) is 0 Å². The molecule has 0 atom stereocenters. The van der Waals surface area contributed by atoms with Gasteiger partial charge in [-0.2, -0.15) is 0 Å². The number of furan rings is 2. The standard InChI is InChI=1S/C48H28N2O2/c1-3-7-45-33(5-1)39-25-31(13-19-47(39)51-45)29-11-17-43-37(23-29)35-21-27(9-15-41(35)49-43)28-10-16-42-36(22-28)38-24-30(12-18-44(38)50-42)32-14-20-48-40(26-32)34-6-2-4-8-46(34)52-48/h1-26,49-50H. The lowest BCUT2D eigenvalue weighted by atomic mass is 9.98. The van der Waals surface area contributed by atoms with Crippen LogP contribution in [0.5, 0.6) is 0 Å². The SMILES string of the molecule is c1ccc2c(c1)oc1ccc(-c3ccc4[nH]c5ccc(-c6ccc7[nH]c8ccc(-c9ccc%10oc%11ccccc%11c%10c9)cc8c7c6)cc5c4c3)cc12. The van der Waals surface area contributed by atoms with Gasteiger partial charge in [-0.25, -0.2) is 0 Å². The average molecular weight is 665 g/mol. The molecule has 4 heteroatoms. The summed E-state index contributed by atoms with van der Waals surface area (Å²) in [7, 11) is 0. The number of hydrogen-bond donors (Lipinski definition) is 2. The highest BCUT2D eigenvalue weighted by Gasteiger charge is 2.14. The van der Waals surface area contributed by atoms with Crippen LogP contribution in [-0.4, -0.2) is 9.97 Å². The van der Waals surface area contributed by atoms with Crippen molar-refractivity contribution in [3.63, 3.8) is 0 Å². The monoisotopic (exact) mass is 664 g/mol. The largest absolute Gasteiger partial charge is 0.456 e. The molecule has 4 nitrogen and oxygen atoms in total. The van der Waals surface area contributed by atoms with Crippen molar-refractivity contribution in [1.29, 1.82) is 0 Å². The van der Waals surface area contributed by atoms with Crippen LogP contribution in [0.25, 0.3) is 121 Å². The summed E-state index contributed by atoms with van der Waals surface area (Å²) in [6, 6.07) is 56.5. The maximum atomic E-state index is 6.10. The molecule has 0 aliphatic carbocycles. The van der Waals surface area contributed by atoms with Gasteiger partial charge < -0.3 is 18.8 Å². The second kappa shape index (κ2) is 10.3. The minimum atomic E-state index is 0.913. The molecule has 8 aromatic carbocycles. The quantitative estimate of drug-likeness (QED) is 0.197. The summed E-state index contributed by atoms with van der Waals surface area (Å²) in [5.41, 5.74) is 15.3. The van der Waals surface area contributed by atoms with E-state index < -0.39 is 0 Å². The fraction of sp³-hybridized carbons (Fsp3) is 0. The fourth-order valence-electron chi connectivity index (χ4n) is 8.32. The van der Waals surface area contributed by atoms with Crippen LogP contribution in [0.2, 0.25) is 0 Å². The molecule has 0 radical (unpaired) electrons. The molecule has 0 amide bonds. The first-order valence-electron chi connectivity index (χ1n) is 17.6. The number of benzene rings is 8. The minimum absolute atomic E-state index is 0.913. The van der Waals surface area contributed by atoms with Gasteiger partial charge in [-0.15, -0.1) is 0 Å².